The molecule has 3 rings (SSSR count). The number of thiophene rings is 1. The molecule has 0 aliphatic carbocycles. The first-order valence-corrected chi connectivity index (χ1v) is 11.6. The molecule has 8 heteroatoms. The summed E-state index contributed by atoms with van der Waals surface area (Å²) >= 11 is 1.54. The smallest absolute Gasteiger partial charge is 0.410 e. The second-order valence-corrected chi connectivity index (χ2v) is 10.1. The molecule has 2 saturated heterocycles. The number of carbonyl (C=O) groups excluding carboxylic acids is 3. The number of amides is 3. The van der Waals surface area contributed by atoms with Crippen LogP contribution in [0.4, 0.5) is 4.79 Å². The average molecular weight is 436 g/mol. The van der Waals surface area contributed by atoms with Gasteiger partial charge in [-0.25, -0.2) is 4.79 Å². The molecule has 7 nitrogen and oxygen atoms in total. The molecule has 0 aromatic carbocycles. The molecule has 3 atom stereocenters. The van der Waals surface area contributed by atoms with Gasteiger partial charge in [0.05, 0.1) is 24.5 Å². The van der Waals surface area contributed by atoms with E-state index in [0.717, 1.165) is 30.6 Å². The number of hydrogen-bond acceptors (Lipinski definition) is 5. The highest BCUT2D eigenvalue weighted by Gasteiger charge is 2.43. The minimum Gasteiger partial charge on any atom is -0.444 e. The standard InChI is InChI=1S/C22H33N3O4S/c1-15(26)23-16(19-10-7-13-30-19)14-20(27)24-11-5-8-17(24)18-9-6-12-25(18)21(28)29-22(2,3)4/h7,10,13,16-18H,5-6,8-9,11-12,14H2,1-4H3,(H,23,26). The van der Waals surface area contributed by atoms with Crippen LogP contribution < -0.4 is 5.32 Å². The lowest BCUT2D eigenvalue weighted by Crippen LogP contribution is -2.51. The normalized spacial score (nSPS) is 22.8. The Morgan fingerprint density at radius 3 is 2.37 bits per heavy atom. The van der Waals surface area contributed by atoms with Crippen LogP contribution in [0.3, 0.4) is 0 Å². The average Bonchev–Trinajstić information content (AvgIpc) is 3.38. The van der Waals surface area contributed by atoms with Gasteiger partial charge < -0.3 is 19.9 Å². The van der Waals surface area contributed by atoms with Crippen LogP contribution in [0.15, 0.2) is 17.5 Å². The second-order valence-electron chi connectivity index (χ2n) is 9.15. The number of nitrogens with one attached hydrogen (secondary N) is 1. The van der Waals surface area contributed by atoms with Gasteiger partial charge in [0, 0.05) is 24.9 Å². The summed E-state index contributed by atoms with van der Waals surface area (Å²) in [7, 11) is 0. The minimum atomic E-state index is -0.540. The molecule has 30 heavy (non-hydrogen) atoms. The van der Waals surface area contributed by atoms with Crippen LogP contribution in [-0.2, 0) is 14.3 Å². The Morgan fingerprint density at radius 2 is 1.80 bits per heavy atom. The van der Waals surface area contributed by atoms with Gasteiger partial charge in [-0.3, -0.25) is 9.59 Å². The Hall–Kier alpha value is -2.09. The fraction of sp³-hybridized carbons (Fsp3) is 0.682. The van der Waals surface area contributed by atoms with Crippen LogP contribution in [0, 0.1) is 0 Å². The lowest BCUT2D eigenvalue weighted by molar-refractivity contribution is -0.133. The molecule has 2 aliphatic heterocycles. The number of likely N-dealkylation sites (tertiary alicyclic amines) is 2. The van der Waals surface area contributed by atoms with Gasteiger partial charge in [-0.05, 0) is 57.9 Å². The van der Waals surface area contributed by atoms with Gasteiger partial charge >= 0.3 is 6.09 Å². The van der Waals surface area contributed by atoms with Crippen molar-refractivity contribution in [2.75, 3.05) is 13.1 Å². The molecule has 3 heterocycles. The SMILES string of the molecule is CC(=O)NC(CC(=O)N1CCCC1C1CCCN1C(=O)OC(C)(C)C)c1cccs1. The van der Waals surface area contributed by atoms with E-state index in [-0.39, 0.29) is 42.5 Å². The van der Waals surface area contributed by atoms with Crippen LogP contribution in [-0.4, -0.2) is 58.5 Å². The van der Waals surface area contributed by atoms with Gasteiger partial charge in [0.2, 0.25) is 11.8 Å². The third kappa shape index (κ3) is 5.53. The minimum absolute atomic E-state index is 0.00717. The molecular formula is C22H33N3O4S. The first-order chi connectivity index (χ1) is 14.2. The number of nitrogens with zero attached hydrogens (tertiary/aromatic N) is 2. The number of ether oxygens (including phenoxy) is 1. The van der Waals surface area contributed by atoms with Crippen LogP contribution in [0.5, 0.6) is 0 Å². The summed E-state index contributed by atoms with van der Waals surface area (Å²) in [5.74, 6) is -0.119. The molecule has 1 aromatic rings. The van der Waals surface area contributed by atoms with Crippen molar-refractivity contribution in [1.82, 2.24) is 15.1 Å². The van der Waals surface area contributed by atoms with Gasteiger partial charge in [-0.2, -0.15) is 0 Å². The zero-order valence-corrected chi connectivity index (χ0v) is 19.2. The number of hydrogen-bond donors (Lipinski definition) is 1. The van der Waals surface area contributed by atoms with E-state index in [2.05, 4.69) is 5.32 Å². The monoisotopic (exact) mass is 435 g/mol. The third-order valence-electron chi connectivity index (χ3n) is 5.63. The summed E-state index contributed by atoms with van der Waals surface area (Å²) in [5, 5.41) is 4.86. The van der Waals surface area contributed by atoms with Crippen LogP contribution >= 0.6 is 11.3 Å². The van der Waals surface area contributed by atoms with Crippen molar-refractivity contribution >= 4 is 29.2 Å². The van der Waals surface area contributed by atoms with E-state index in [0.29, 0.717) is 13.1 Å². The van der Waals surface area contributed by atoms with Crippen molar-refractivity contribution in [3.63, 3.8) is 0 Å². The van der Waals surface area contributed by atoms with Crippen molar-refractivity contribution in [2.24, 2.45) is 0 Å². The summed E-state index contributed by atoms with van der Waals surface area (Å²) in [6, 6.07) is 3.55. The third-order valence-corrected chi connectivity index (χ3v) is 6.62. The first kappa shape index (κ1) is 22.6. The summed E-state index contributed by atoms with van der Waals surface area (Å²) in [6.07, 6.45) is 3.56. The predicted octanol–water partition coefficient (Wildman–Crippen LogP) is 3.71. The second kappa shape index (κ2) is 9.37. The summed E-state index contributed by atoms with van der Waals surface area (Å²) < 4.78 is 5.60. The molecule has 0 radical (unpaired) electrons. The van der Waals surface area contributed by atoms with Crippen molar-refractivity contribution in [1.29, 1.82) is 0 Å². The zero-order chi connectivity index (χ0) is 21.9. The van der Waals surface area contributed by atoms with Crippen LogP contribution in [0.2, 0.25) is 0 Å². The van der Waals surface area contributed by atoms with Crippen molar-refractivity contribution in [3.05, 3.63) is 22.4 Å². The molecular weight excluding hydrogens is 402 g/mol. The Balaban J connectivity index is 1.70. The summed E-state index contributed by atoms with van der Waals surface area (Å²) in [4.78, 5) is 42.3. The van der Waals surface area contributed by atoms with Crippen LogP contribution in [0.1, 0.15) is 70.7 Å². The topological polar surface area (TPSA) is 79.0 Å². The highest BCUT2D eigenvalue weighted by molar-refractivity contribution is 7.10. The van der Waals surface area contributed by atoms with Gasteiger partial charge in [-0.1, -0.05) is 6.07 Å². The fourth-order valence-corrected chi connectivity index (χ4v) is 5.27. The number of carbonyl (C=O) groups is 3. The molecule has 2 fully saturated rings. The predicted molar refractivity (Wildman–Crippen MR) is 116 cm³/mol. The van der Waals surface area contributed by atoms with Gasteiger partial charge in [0.25, 0.3) is 0 Å². The Bertz CT molecular complexity index is 759. The Labute approximate surface area is 182 Å². The molecule has 3 amide bonds. The van der Waals surface area contributed by atoms with E-state index in [9.17, 15) is 14.4 Å². The lowest BCUT2D eigenvalue weighted by atomic mass is 10.0. The Kier molecular flexibility index (Phi) is 7.06. The maximum atomic E-state index is 13.2. The van der Waals surface area contributed by atoms with Gasteiger partial charge in [0.1, 0.15) is 5.60 Å². The van der Waals surface area contributed by atoms with Crippen LogP contribution in [0.25, 0.3) is 0 Å². The summed E-state index contributed by atoms with van der Waals surface area (Å²) in [5.41, 5.74) is -0.540. The fourth-order valence-electron chi connectivity index (χ4n) is 4.49. The summed E-state index contributed by atoms with van der Waals surface area (Å²) in [6.45, 7) is 8.44. The largest absolute Gasteiger partial charge is 0.444 e. The van der Waals surface area contributed by atoms with E-state index in [1.54, 1.807) is 0 Å². The molecule has 1 N–H and O–H groups in total. The molecule has 0 saturated carbocycles. The van der Waals surface area contributed by atoms with Gasteiger partial charge in [0.15, 0.2) is 0 Å². The molecule has 0 bridgehead atoms. The van der Waals surface area contributed by atoms with Gasteiger partial charge in [-0.15, -0.1) is 11.3 Å². The van der Waals surface area contributed by atoms with E-state index in [4.69, 9.17) is 4.74 Å². The van der Waals surface area contributed by atoms with Crippen molar-refractivity contribution in [2.45, 2.75) is 83.5 Å². The quantitative estimate of drug-likeness (QED) is 0.765. The number of rotatable bonds is 5. The Morgan fingerprint density at radius 1 is 1.17 bits per heavy atom. The maximum absolute atomic E-state index is 13.2. The lowest BCUT2D eigenvalue weighted by Gasteiger charge is -2.36. The molecule has 1 aromatic heterocycles. The van der Waals surface area contributed by atoms with Crippen molar-refractivity contribution in [3.8, 4) is 0 Å². The highest BCUT2D eigenvalue weighted by Crippen LogP contribution is 2.33. The van der Waals surface area contributed by atoms with E-state index < -0.39 is 5.60 Å². The van der Waals surface area contributed by atoms with E-state index in [1.807, 2.05) is 48.1 Å². The van der Waals surface area contributed by atoms with Crippen molar-refractivity contribution < 1.29 is 19.1 Å². The first-order valence-electron chi connectivity index (χ1n) is 10.8. The maximum Gasteiger partial charge on any atom is 0.410 e. The zero-order valence-electron chi connectivity index (χ0n) is 18.3. The van der Waals surface area contributed by atoms with E-state index >= 15 is 0 Å². The highest BCUT2D eigenvalue weighted by atomic mass is 32.1. The van der Waals surface area contributed by atoms with E-state index in [1.165, 1.54) is 18.3 Å². The molecule has 166 valence electrons. The molecule has 2 aliphatic rings. The molecule has 0 spiro atoms. The molecule has 3 unspecified atom stereocenters.